The third kappa shape index (κ3) is 5.69. The minimum absolute atomic E-state index is 0.909. The van der Waals surface area contributed by atoms with Crippen LogP contribution in [0.4, 0.5) is 0 Å². The lowest BCUT2D eigenvalue weighted by molar-refractivity contribution is 0.414. The molecule has 0 atom stereocenters. The quantitative estimate of drug-likeness (QED) is 0.580. The molecule has 1 aromatic rings. The van der Waals surface area contributed by atoms with Crippen LogP contribution in [0.25, 0.3) is 0 Å². The van der Waals surface area contributed by atoms with Gasteiger partial charge in [-0.25, -0.2) is 0 Å². The van der Waals surface area contributed by atoms with Crippen LogP contribution in [0.1, 0.15) is 25.3 Å². The van der Waals surface area contributed by atoms with Gasteiger partial charge in [0.1, 0.15) is 5.75 Å². The van der Waals surface area contributed by atoms with E-state index in [1.165, 1.54) is 12.0 Å². The number of benzene rings is 1. The molecule has 0 aliphatic carbocycles. The van der Waals surface area contributed by atoms with E-state index in [9.17, 15) is 0 Å². The monoisotopic (exact) mass is 311 g/mol. The molecule has 0 saturated heterocycles. The average Bonchev–Trinajstić information content (AvgIpc) is 2.39. The molecule has 0 spiro atoms. The average molecular weight is 312 g/mol. The lowest BCUT2D eigenvalue weighted by atomic mass is 10.1. The highest BCUT2D eigenvalue weighted by molar-refractivity contribution is 9.10. The molecular formula is C15H22BrNO. The van der Waals surface area contributed by atoms with Crippen molar-refractivity contribution in [3.63, 3.8) is 0 Å². The number of allylic oxidation sites excluding steroid dienone is 1. The zero-order valence-electron chi connectivity index (χ0n) is 11.2. The van der Waals surface area contributed by atoms with Crippen LogP contribution in [0.2, 0.25) is 0 Å². The van der Waals surface area contributed by atoms with Gasteiger partial charge in [-0.2, -0.15) is 0 Å². The van der Waals surface area contributed by atoms with Crippen LogP contribution in [-0.4, -0.2) is 20.2 Å². The van der Waals surface area contributed by atoms with Gasteiger partial charge in [0.05, 0.1) is 7.11 Å². The van der Waals surface area contributed by atoms with Gasteiger partial charge in [-0.15, -0.1) is 0 Å². The lowest BCUT2D eigenvalue weighted by Gasteiger charge is -2.05. The second-order valence-corrected chi connectivity index (χ2v) is 5.03. The second-order valence-electron chi connectivity index (χ2n) is 4.17. The molecule has 0 aromatic heterocycles. The van der Waals surface area contributed by atoms with E-state index in [-0.39, 0.29) is 0 Å². The number of nitrogens with one attached hydrogen (secondary N) is 1. The van der Waals surface area contributed by atoms with E-state index in [4.69, 9.17) is 4.74 Å². The summed E-state index contributed by atoms with van der Waals surface area (Å²) < 4.78 is 6.36. The predicted octanol–water partition coefficient (Wildman–Crippen LogP) is 3.95. The maximum Gasteiger partial charge on any atom is 0.119 e. The summed E-state index contributed by atoms with van der Waals surface area (Å²) >= 11 is 3.56. The van der Waals surface area contributed by atoms with Crippen LogP contribution >= 0.6 is 15.9 Å². The highest BCUT2D eigenvalue weighted by atomic mass is 79.9. The summed E-state index contributed by atoms with van der Waals surface area (Å²) in [4.78, 5) is 0. The van der Waals surface area contributed by atoms with Gasteiger partial charge in [0, 0.05) is 4.47 Å². The number of methoxy groups -OCH3 is 1. The van der Waals surface area contributed by atoms with Gasteiger partial charge in [0.15, 0.2) is 0 Å². The van der Waals surface area contributed by atoms with Crippen LogP contribution < -0.4 is 10.1 Å². The van der Waals surface area contributed by atoms with Gasteiger partial charge in [0.25, 0.3) is 0 Å². The number of ether oxygens (including phenoxy) is 1. The fraction of sp³-hybridized carbons (Fsp3) is 0.467. The van der Waals surface area contributed by atoms with Crippen molar-refractivity contribution >= 4 is 15.9 Å². The maximum atomic E-state index is 5.23. The Hall–Kier alpha value is -0.800. The van der Waals surface area contributed by atoms with E-state index in [0.717, 1.165) is 36.2 Å². The Morgan fingerprint density at radius 2 is 2.11 bits per heavy atom. The lowest BCUT2D eigenvalue weighted by Crippen LogP contribution is -2.14. The molecule has 0 aliphatic heterocycles. The first kappa shape index (κ1) is 15.3. The second kappa shape index (κ2) is 9.17. The van der Waals surface area contributed by atoms with E-state index in [0.29, 0.717) is 0 Å². The Bertz CT molecular complexity index is 377. The minimum Gasteiger partial charge on any atom is -0.497 e. The molecule has 0 radical (unpaired) electrons. The zero-order chi connectivity index (χ0) is 13.2. The van der Waals surface area contributed by atoms with Crippen molar-refractivity contribution in [3.8, 4) is 5.75 Å². The summed E-state index contributed by atoms with van der Waals surface area (Å²) in [6.07, 6.45) is 7.66. The predicted molar refractivity (Wildman–Crippen MR) is 81.3 cm³/mol. The standard InChI is InChI=1S/C15H22BrNO/c1-3-10-17-11-6-4-5-7-13-12-14(18-2)8-9-15(13)16/h4-5,8-9,12,17H,3,6-7,10-11H2,1-2H3. The number of halogens is 1. The summed E-state index contributed by atoms with van der Waals surface area (Å²) in [6, 6.07) is 6.07. The van der Waals surface area contributed by atoms with E-state index in [2.05, 4.69) is 46.4 Å². The molecule has 0 unspecified atom stereocenters. The maximum absolute atomic E-state index is 5.23. The fourth-order valence-electron chi connectivity index (χ4n) is 1.65. The van der Waals surface area contributed by atoms with Crippen LogP contribution in [-0.2, 0) is 6.42 Å². The summed E-state index contributed by atoms with van der Waals surface area (Å²) in [5, 5.41) is 3.38. The first-order valence-corrected chi connectivity index (χ1v) is 7.25. The molecule has 1 aromatic carbocycles. The number of hydrogen-bond acceptors (Lipinski definition) is 2. The molecule has 0 fully saturated rings. The summed E-state index contributed by atoms with van der Waals surface area (Å²) in [6.45, 7) is 4.35. The van der Waals surface area contributed by atoms with Crippen molar-refractivity contribution in [2.45, 2.75) is 26.2 Å². The number of rotatable bonds is 8. The fourth-order valence-corrected chi connectivity index (χ4v) is 2.06. The molecule has 0 amide bonds. The third-order valence-electron chi connectivity index (χ3n) is 2.67. The Labute approximate surface area is 119 Å². The SMILES string of the molecule is CCCNCCC=CCc1cc(OC)ccc1Br. The van der Waals surface area contributed by atoms with Crippen LogP contribution in [0.15, 0.2) is 34.8 Å². The molecular weight excluding hydrogens is 290 g/mol. The van der Waals surface area contributed by atoms with Crippen molar-refractivity contribution in [1.82, 2.24) is 5.32 Å². The summed E-state index contributed by atoms with van der Waals surface area (Å²) in [5.41, 5.74) is 1.26. The van der Waals surface area contributed by atoms with Crippen molar-refractivity contribution in [2.75, 3.05) is 20.2 Å². The molecule has 2 nitrogen and oxygen atoms in total. The van der Waals surface area contributed by atoms with Gasteiger partial charge < -0.3 is 10.1 Å². The van der Waals surface area contributed by atoms with E-state index >= 15 is 0 Å². The molecule has 0 aliphatic rings. The summed E-state index contributed by atoms with van der Waals surface area (Å²) in [5.74, 6) is 0.909. The Morgan fingerprint density at radius 1 is 1.28 bits per heavy atom. The smallest absolute Gasteiger partial charge is 0.119 e. The molecule has 3 heteroatoms. The highest BCUT2D eigenvalue weighted by Gasteiger charge is 1.99. The van der Waals surface area contributed by atoms with Crippen molar-refractivity contribution in [1.29, 1.82) is 0 Å². The van der Waals surface area contributed by atoms with Crippen molar-refractivity contribution in [2.24, 2.45) is 0 Å². The highest BCUT2D eigenvalue weighted by Crippen LogP contribution is 2.23. The molecule has 100 valence electrons. The Balaban J connectivity index is 2.36. The van der Waals surface area contributed by atoms with Crippen LogP contribution in [0.5, 0.6) is 5.75 Å². The normalized spacial score (nSPS) is 11.1. The molecule has 1 rings (SSSR count). The van der Waals surface area contributed by atoms with Gasteiger partial charge in [0.2, 0.25) is 0 Å². The van der Waals surface area contributed by atoms with E-state index < -0.39 is 0 Å². The minimum atomic E-state index is 0.909. The van der Waals surface area contributed by atoms with E-state index in [1.807, 2.05) is 12.1 Å². The van der Waals surface area contributed by atoms with Gasteiger partial charge >= 0.3 is 0 Å². The Morgan fingerprint density at radius 3 is 2.83 bits per heavy atom. The molecule has 0 saturated carbocycles. The number of hydrogen-bond donors (Lipinski definition) is 1. The van der Waals surface area contributed by atoms with Gasteiger partial charge in [-0.05, 0) is 56.1 Å². The third-order valence-corrected chi connectivity index (χ3v) is 3.45. The van der Waals surface area contributed by atoms with Crippen molar-refractivity contribution in [3.05, 3.63) is 40.4 Å². The molecule has 0 heterocycles. The summed E-state index contributed by atoms with van der Waals surface area (Å²) in [7, 11) is 1.70. The zero-order valence-corrected chi connectivity index (χ0v) is 12.8. The Kier molecular flexibility index (Phi) is 7.78. The first-order valence-electron chi connectivity index (χ1n) is 6.46. The van der Waals surface area contributed by atoms with Crippen LogP contribution in [0.3, 0.4) is 0 Å². The van der Waals surface area contributed by atoms with Gasteiger partial charge in [-0.3, -0.25) is 0 Å². The molecule has 0 bridgehead atoms. The first-order chi connectivity index (χ1) is 8.77. The molecule has 18 heavy (non-hydrogen) atoms. The van der Waals surface area contributed by atoms with E-state index in [1.54, 1.807) is 7.11 Å². The van der Waals surface area contributed by atoms with Crippen molar-refractivity contribution < 1.29 is 4.74 Å². The largest absolute Gasteiger partial charge is 0.497 e. The van der Waals surface area contributed by atoms with Crippen LogP contribution in [0, 0.1) is 0 Å². The van der Waals surface area contributed by atoms with Gasteiger partial charge in [-0.1, -0.05) is 35.0 Å². The topological polar surface area (TPSA) is 21.3 Å². The molecule has 1 N–H and O–H groups in total.